The number of benzene rings is 2. The van der Waals surface area contributed by atoms with Crippen LogP contribution in [0.3, 0.4) is 0 Å². The zero-order valence-corrected chi connectivity index (χ0v) is 19.7. The van der Waals surface area contributed by atoms with Crippen molar-refractivity contribution in [3.8, 4) is 0 Å². The Labute approximate surface area is 191 Å². The molecule has 0 radical (unpaired) electrons. The molecular weight excluding hydrogens is 460 g/mol. The van der Waals surface area contributed by atoms with Gasteiger partial charge < -0.3 is 10.6 Å². The SMILES string of the molecule is CNc1ccc(N=Nc2ccccc2C)c(NC(C)=O)c1.CS(=O)(=O)CCOSOOO. The number of carbonyl (C=O) groups excluding carboxylic acids is 1. The van der Waals surface area contributed by atoms with Gasteiger partial charge in [0.15, 0.2) is 12.3 Å². The summed E-state index contributed by atoms with van der Waals surface area (Å²) in [4.78, 5) is 11.3. The Morgan fingerprint density at radius 1 is 1.16 bits per heavy atom. The highest BCUT2D eigenvalue weighted by Crippen LogP contribution is 2.30. The molecule has 176 valence electrons. The van der Waals surface area contributed by atoms with Gasteiger partial charge in [-0.2, -0.15) is 5.11 Å². The number of azo groups is 1. The monoisotopic (exact) mass is 486 g/mol. The van der Waals surface area contributed by atoms with E-state index in [1.165, 1.54) is 6.92 Å². The molecule has 0 aliphatic carbocycles. The number of amides is 1. The van der Waals surface area contributed by atoms with Crippen molar-refractivity contribution in [1.82, 2.24) is 0 Å². The summed E-state index contributed by atoms with van der Waals surface area (Å²) < 4.78 is 29.2. The molecular formula is C19H26N4O7S2. The van der Waals surface area contributed by atoms with E-state index in [-0.39, 0.29) is 18.3 Å². The van der Waals surface area contributed by atoms with Gasteiger partial charge in [0.1, 0.15) is 15.5 Å². The van der Waals surface area contributed by atoms with Gasteiger partial charge in [-0.25, -0.2) is 13.7 Å². The van der Waals surface area contributed by atoms with Crippen LogP contribution in [0.15, 0.2) is 52.7 Å². The summed E-state index contributed by atoms with van der Waals surface area (Å²) in [5.41, 5.74) is 4.01. The molecule has 11 nitrogen and oxygen atoms in total. The lowest BCUT2D eigenvalue weighted by Crippen LogP contribution is -2.07. The third-order valence-corrected chi connectivity index (χ3v) is 4.91. The van der Waals surface area contributed by atoms with E-state index in [9.17, 15) is 13.2 Å². The van der Waals surface area contributed by atoms with Crippen molar-refractivity contribution in [2.24, 2.45) is 10.2 Å². The van der Waals surface area contributed by atoms with Crippen LogP contribution in [0.2, 0.25) is 0 Å². The minimum Gasteiger partial charge on any atom is -0.388 e. The molecule has 1 amide bonds. The van der Waals surface area contributed by atoms with E-state index in [1.54, 1.807) is 0 Å². The number of nitrogens with zero attached hydrogens (tertiary/aromatic N) is 2. The molecule has 2 aromatic carbocycles. The molecule has 32 heavy (non-hydrogen) atoms. The van der Waals surface area contributed by atoms with E-state index in [2.05, 4.69) is 34.4 Å². The normalized spacial score (nSPS) is 11.0. The number of nitrogens with one attached hydrogen (secondary N) is 2. The van der Waals surface area contributed by atoms with E-state index in [0.29, 0.717) is 23.7 Å². The molecule has 3 N–H and O–H groups in total. The molecule has 0 spiro atoms. The number of anilines is 2. The van der Waals surface area contributed by atoms with Gasteiger partial charge in [0.25, 0.3) is 0 Å². The van der Waals surface area contributed by atoms with Crippen molar-refractivity contribution in [3.63, 3.8) is 0 Å². The molecule has 0 atom stereocenters. The average Bonchev–Trinajstić information content (AvgIpc) is 2.73. The smallest absolute Gasteiger partial charge is 0.221 e. The predicted molar refractivity (Wildman–Crippen MR) is 124 cm³/mol. The largest absolute Gasteiger partial charge is 0.388 e. The van der Waals surface area contributed by atoms with Gasteiger partial charge in [-0.3, -0.25) is 8.98 Å². The summed E-state index contributed by atoms with van der Waals surface area (Å²) >= 11 is 0.357. The van der Waals surface area contributed by atoms with Crippen molar-refractivity contribution >= 4 is 50.8 Å². The van der Waals surface area contributed by atoms with Crippen LogP contribution in [-0.2, 0) is 28.2 Å². The standard InChI is InChI=1S/C16H18N4O.C3H8O6S2/c1-11-6-4-5-7-14(11)19-20-15-9-8-13(17-3)10-16(15)18-12(2)21;1-11(5,6)3-2-7-10-9-8-4/h4-10,17H,1-3H3,(H,18,21);4H,2-3H2,1H3. The Bertz CT molecular complexity index is 1000. The number of aryl methyl sites for hydroxylation is 1. The minimum atomic E-state index is -3.01. The van der Waals surface area contributed by atoms with E-state index >= 15 is 0 Å². The molecule has 0 aliphatic heterocycles. The zero-order chi connectivity index (χ0) is 24.0. The van der Waals surface area contributed by atoms with Gasteiger partial charge in [0.05, 0.1) is 23.7 Å². The molecule has 0 aromatic heterocycles. The van der Waals surface area contributed by atoms with Gasteiger partial charge >= 0.3 is 0 Å². The maximum Gasteiger partial charge on any atom is 0.221 e. The van der Waals surface area contributed by atoms with Crippen LogP contribution in [0.1, 0.15) is 12.5 Å². The fraction of sp³-hybridized carbons (Fsp3) is 0.316. The fourth-order valence-electron chi connectivity index (χ4n) is 2.10. The predicted octanol–water partition coefficient (Wildman–Crippen LogP) is 4.44. The summed E-state index contributed by atoms with van der Waals surface area (Å²) in [5.74, 6) is -0.245. The van der Waals surface area contributed by atoms with Gasteiger partial charge in [-0.15, -0.1) is 9.45 Å². The van der Waals surface area contributed by atoms with Crippen LogP contribution in [0, 0.1) is 6.92 Å². The van der Waals surface area contributed by atoms with Crippen LogP contribution < -0.4 is 10.6 Å². The Morgan fingerprint density at radius 2 is 1.84 bits per heavy atom. The quantitative estimate of drug-likeness (QED) is 0.146. The first-order valence-corrected chi connectivity index (χ1v) is 11.9. The number of hydrogen-bond acceptors (Lipinski definition) is 11. The molecule has 0 saturated carbocycles. The van der Waals surface area contributed by atoms with Crippen LogP contribution >= 0.6 is 12.3 Å². The summed E-state index contributed by atoms with van der Waals surface area (Å²) in [7, 11) is -1.19. The Kier molecular flexibility index (Phi) is 12.5. The van der Waals surface area contributed by atoms with Crippen molar-refractivity contribution in [1.29, 1.82) is 0 Å². The first-order chi connectivity index (χ1) is 15.2. The van der Waals surface area contributed by atoms with E-state index in [4.69, 9.17) is 5.26 Å². The molecule has 0 unspecified atom stereocenters. The zero-order valence-electron chi connectivity index (χ0n) is 18.1. The summed E-state index contributed by atoms with van der Waals surface area (Å²) in [6.45, 7) is 3.42. The Hall–Kier alpha value is -2.55. The van der Waals surface area contributed by atoms with Crippen molar-refractivity contribution in [2.75, 3.05) is 36.3 Å². The Balaban J connectivity index is 0.000000396. The van der Waals surface area contributed by atoms with E-state index < -0.39 is 9.84 Å². The minimum absolute atomic E-state index is 0.0210. The third kappa shape index (κ3) is 11.7. The molecule has 0 heterocycles. The molecule has 2 rings (SSSR count). The highest BCUT2D eigenvalue weighted by Gasteiger charge is 2.05. The molecule has 13 heteroatoms. The van der Waals surface area contributed by atoms with Crippen LogP contribution in [-0.4, -0.2) is 45.2 Å². The second kappa shape index (κ2) is 14.5. The van der Waals surface area contributed by atoms with Crippen molar-refractivity contribution in [2.45, 2.75) is 13.8 Å². The van der Waals surface area contributed by atoms with Crippen LogP contribution in [0.25, 0.3) is 0 Å². The van der Waals surface area contributed by atoms with Gasteiger partial charge in [0.2, 0.25) is 5.91 Å². The molecule has 0 aliphatic rings. The fourth-order valence-corrected chi connectivity index (χ4v) is 2.81. The Morgan fingerprint density at radius 3 is 2.44 bits per heavy atom. The number of hydrogen-bond donors (Lipinski definition) is 3. The number of sulfone groups is 1. The van der Waals surface area contributed by atoms with Crippen molar-refractivity contribution < 1.29 is 32.0 Å². The number of rotatable bonds is 10. The molecule has 2 aromatic rings. The lowest BCUT2D eigenvalue weighted by Gasteiger charge is -2.08. The van der Waals surface area contributed by atoms with Crippen LogP contribution in [0.5, 0.6) is 0 Å². The maximum absolute atomic E-state index is 11.3. The maximum atomic E-state index is 11.3. The van der Waals surface area contributed by atoms with E-state index in [0.717, 1.165) is 23.2 Å². The highest BCUT2D eigenvalue weighted by molar-refractivity contribution is 7.91. The number of carbonyl (C=O) groups is 1. The van der Waals surface area contributed by atoms with Gasteiger partial charge in [0, 0.05) is 25.9 Å². The van der Waals surface area contributed by atoms with Gasteiger partial charge in [-0.1, -0.05) is 23.2 Å². The topological polar surface area (TPSA) is 148 Å². The summed E-state index contributed by atoms with van der Waals surface area (Å²) in [6, 6.07) is 13.3. The highest BCUT2D eigenvalue weighted by atomic mass is 32.2. The van der Waals surface area contributed by atoms with E-state index in [1.807, 2.05) is 56.4 Å². The van der Waals surface area contributed by atoms with Gasteiger partial charge in [-0.05, 0) is 36.8 Å². The first kappa shape index (κ1) is 27.5. The molecule has 0 bridgehead atoms. The average molecular weight is 487 g/mol. The first-order valence-electron chi connectivity index (χ1n) is 9.17. The molecule has 0 saturated heterocycles. The molecule has 0 fully saturated rings. The third-order valence-electron chi connectivity index (χ3n) is 3.62. The second-order valence-corrected chi connectivity index (χ2v) is 9.08. The summed E-state index contributed by atoms with van der Waals surface area (Å²) in [6.07, 6.45) is 1.09. The summed E-state index contributed by atoms with van der Waals surface area (Å²) in [5, 5.41) is 25.0. The second-order valence-electron chi connectivity index (χ2n) is 6.31. The lowest BCUT2D eigenvalue weighted by molar-refractivity contribution is -0.434. The lowest BCUT2D eigenvalue weighted by atomic mass is 10.2. The van der Waals surface area contributed by atoms with Crippen LogP contribution in [0.4, 0.5) is 22.7 Å². The van der Waals surface area contributed by atoms with Crippen molar-refractivity contribution in [3.05, 3.63) is 48.0 Å².